The Morgan fingerprint density at radius 2 is 1.85 bits per heavy atom. The summed E-state index contributed by atoms with van der Waals surface area (Å²) in [5.74, 6) is -1.49. The number of halogens is 2. The fourth-order valence-corrected chi connectivity index (χ4v) is 4.43. The van der Waals surface area contributed by atoms with Crippen molar-refractivity contribution in [2.75, 3.05) is 22.6 Å². The van der Waals surface area contributed by atoms with Crippen LogP contribution in [0.1, 0.15) is 20.9 Å². The zero-order valence-corrected chi connectivity index (χ0v) is 20.6. The van der Waals surface area contributed by atoms with Crippen LogP contribution < -0.4 is 20.3 Å². The van der Waals surface area contributed by atoms with Gasteiger partial charge in [-0.25, -0.2) is 9.88 Å². The first-order valence-corrected chi connectivity index (χ1v) is 11.5. The molecule has 0 aliphatic carbocycles. The maximum atomic E-state index is 13.1. The molecule has 1 aliphatic heterocycles. The van der Waals surface area contributed by atoms with Crippen molar-refractivity contribution >= 4 is 68.8 Å². The van der Waals surface area contributed by atoms with Crippen molar-refractivity contribution in [3.8, 4) is 5.75 Å². The van der Waals surface area contributed by atoms with E-state index in [1.165, 1.54) is 24.5 Å². The molecule has 0 atom stereocenters. The minimum absolute atomic E-state index is 0.127. The Hall–Kier alpha value is -3.40. The third kappa shape index (κ3) is 4.50. The third-order valence-corrected chi connectivity index (χ3v) is 6.63. The minimum Gasteiger partial charge on any atom is -0.495 e. The third-order valence-electron chi connectivity index (χ3n) is 5.05. The van der Waals surface area contributed by atoms with E-state index in [9.17, 15) is 14.4 Å². The Labute approximate surface area is 209 Å². The average Bonchev–Trinajstić information content (AvgIpc) is 3.23. The number of anilines is 3. The Morgan fingerprint density at radius 3 is 2.53 bits per heavy atom. The van der Waals surface area contributed by atoms with E-state index in [1.54, 1.807) is 36.4 Å². The zero-order valence-electron chi connectivity index (χ0n) is 18.2. The van der Waals surface area contributed by atoms with Crippen LogP contribution in [-0.2, 0) is 9.59 Å². The molecule has 0 radical (unpaired) electrons. The predicted molar refractivity (Wildman–Crippen MR) is 133 cm³/mol. The molecule has 34 heavy (non-hydrogen) atoms. The first-order chi connectivity index (χ1) is 16.2. The summed E-state index contributed by atoms with van der Waals surface area (Å²) >= 11 is 13.7. The van der Waals surface area contributed by atoms with Crippen molar-refractivity contribution < 1.29 is 19.1 Å². The fourth-order valence-electron chi connectivity index (χ4n) is 3.25. The minimum atomic E-state index is -0.724. The number of methoxy groups -OCH3 is 1. The Kier molecular flexibility index (Phi) is 6.60. The number of thiazole rings is 1. The van der Waals surface area contributed by atoms with Crippen LogP contribution in [0.25, 0.3) is 0 Å². The number of rotatable bonds is 6. The van der Waals surface area contributed by atoms with Gasteiger partial charge in [-0.1, -0.05) is 29.3 Å². The largest absolute Gasteiger partial charge is 0.495 e. The standard InChI is InChI=1S/C23H18Cl2N4O4S/c1-11-12(2)34-23(26-11)28-20(30)13-5-4-6-15(9-13)27-19-18(25)21(31)29(22(19)32)16-10-14(24)7-8-17(16)33-3/h4-10,27H,1-3H3,(H,26,28,30). The first kappa shape index (κ1) is 23.7. The van der Waals surface area contributed by atoms with Crippen molar-refractivity contribution in [1.29, 1.82) is 0 Å². The van der Waals surface area contributed by atoms with E-state index in [0.29, 0.717) is 21.4 Å². The summed E-state index contributed by atoms with van der Waals surface area (Å²) in [6, 6.07) is 11.0. The fraction of sp³-hybridized carbons (Fsp3) is 0.130. The molecule has 0 bridgehead atoms. The van der Waals surface area contributed by atoms with E-state index < -0.39 is 11.8 Å². The summed E-state index contributed by atoms with van der Waals surface area (Å²) < 4.78 is 5.26. The van der Waals surface area contributed by atoms with Crippen molar-refractivity contribution in [2.45, 2.75) is 13.8 Å². The number of hydrogen-bond donors (Lipinski definition) is 2. The number of aryl methyl sites for hydroxylation is 2. The lowest BCUT2D eigenvalue weighted by Crippen LogP contribution is -2.32. The molecular formula is C23H18Cl2N4O4S. The number of imide groups is 1. The van der Waals surface area contributed by atoms with Gasteiger partial charge in [0.1, 0.15) is 16.5 Å². The number of benzene rings is 2. The highest BCUT2D eigenvalue weighted by molar-refractivity contribution is 7.15. The molecule has 0 unspecified atom stereocenters. The van der Waals surface area contributed by atoms with Crippen LogP contribution in [0.5, 0.6) is 5.75 Å². The highest BCUT2D eigenvalue weighted by Crippen LogP contribution is 2.37. The monoisotopic (exact) mass is 516 g/mol. The average molecular weight is 517 g/mol. The molecule has 3 amide bonds. The number of nitrogens with zero attached hydrogens (tertiary/aromatic N) is 2. The van der Waals surface area contributed by atoms with E-state index in [4.69, 9.17) is 27.9 Å². The van der Waals surface area contributed by atoms with Gasteiger partial charge in [0.25, 0.3) is 17.7 Å². The van der Waals surface area contributed by atoms with Crippen LogP contribution in [0.3, 0.4) is 0 Å². The maximum absolute atomic E-state index is 13.1. The highest BCUT2D eigenvalue weighted by atomic mass is 35.5. The molecule has 1 aliphatic rings. The topological polar surface area (TPSA) is 101 Å². The normalized spacial score (nSPS) is 13.5. The second-order valence-electron chi connectivity index (χ2n) is 7.27. The molecule has 0 saturated heterocycles. The second kappa shape index (κ2) is 9.46. The molecular weight excluding hydrogens is 499 g/mol. The van der Waals surface area contributed by atoms with E-state index in [-0.39, 0.29) is 28.1 Å². The van der Waals surface area contributed by atoms with Crippen molar-refractivity contribution in [1.82, 2.24) is 4.98 Å². The predicted octanol–water partition coefficient (Wildman–Crippen LogP) is 5.11. The lowest BCUT2D eigenvalue weighted by atomic mass is 10.2. The van der Waals surface area contributed by atoms with E-state index >= 15 is 0 Å². The van der Waals surface area contributed by atoms with Crippen LogP contribution in [0, 0.1) is 13.8 Å². The SMILES string of the molecule is COc1ccc(Cl)cc1N1C(=O)C(Cl)=C(Nc2cccc(C(=O)Nc3nc(C)c(C)s3)c2)C1=O. The maximum Gasteiger partial charge on any atom is 0.283 e. The van der Waals surface area contributed by atoms with Gasteiger partial charge < -0.3 is 10.1 Å². The summed E-state index contributed by atoms with van der Waals surface area (Å²) in [4.78, 5) is 44.8. The molecule has 0 spiro atoms. The Balaban J connectivity index is 1.57. The number of carbonyl (C=O) groups is 3. The number of aromatic nitrogens is 1. The lowest BCUT2D eigenvalue weighted by molar-refractivity contribution is -0.120. The molecule has 4 rings (SSSR count). The Morgan fingerprint density at radius 1 is 1.09 bits per heavy atom. The van der Waals surface area contributed by atoms with Crippen LogP contribution in [-0.4, -0.2) is 29.8 Å². The smallest absolute Gasteiger partial charge is 0.283 e. The van der Waals surface area contributed by atoms with Gasteiger partial charge in [0.2, 0.25) is 0 Å². The van der Waals surface area contributed by atoms with Gasteiger partial charge in [-0.05, 0) is 50.2 Å². The van der Waals surface area contributed by atoms with Crippen LogP contribution in [0.4, 0.5) is 16.5 Å². The van der Waals surface area contributed by atoms with E-state index in [0.717, 1.165) is 15.5 Å². The number of ether oxygens (including phenoxy) is 1. The number of carbonyl (C=O) groups excluding carboxylic acids is 3. The van der Waals surface area contributed by atoms with Gasteiger partial charge in [-0.3, -0.25) is 19.7 Å². The van der Waals surface area contributed by atoms with Crippen molar-refractivity contribution in [2.24, 2.45) is 0 Å². The van der Waals surface area contributed by atoms with Gasteiger partial charge in [0.05, 0.1) is 18.5 Å². The molecule has 11 heteroatoms. The molecule has 0 saturated carbocycles. The molecule has 3 aromatic rings. The van der Waals surface area contributed by atoms with E-state index in [1.807, 2.05) is 13.8 Å². The molecule has 2 heterocycles. The summed E-state index contributed by atoms with van der Waals surface area (Å²) in [6.07, 6.45) is 0. The van der Waals surface area contributed by atoms with Crippen LogP contribution in [0.15, 0.2) is 53.2 Å². The zero-order chi connectivity index (χ0) is 24.6. The quantitative estimate of drug-likeness (QED) is 0.441. The first-order valence-electron chi connectivity index (χ1n) is 9.94. The van der Waals surface area contributed by atoms with Crippen LogP contribution in [0.2, 0.25) is 5.02 Å². The van der Waals surface area contributed by atoms with Crippen molar-refractivity contribution in [3.63, 3.8) is 0 Å². The van der Waals surface area contributed by atoms with E-state index in [2.05, 4.69) is 15.6 Å². The molecule has 0 fully saturated rings. The Bertz CT molecular complexity index is 1350. The molecule has 2 N–H and O–H groups in total. The highest BCUT2D eigenvalue weighted by Gasteiger charge is 2.40. The van der Waals surface area contributed by atoms with Crippen LogP contribution >= 0.6 is 34.5 Å². The molecule has 174 valence electrons. The number of nitrogens with one attached hydrogen (secondary N) is 2. The van der Waals surface area contributed by atoms with Gasteiger partial charge in [-0.15, -0.1) is 11.3 Å². The summed E-state index contributed by atoms with van der Waals surface area (Å²) in [5, 5.41) is 6.14. The van der Waals surface area contributed by atoms with Crippen molar-refractivity contribution in [3.05, 3.63) is 74.4 Å². The summed E-state index contributed by atoms with van der Waals surface area (Å²) in [5.41, 5.74) is 1.62. The number of amides is 3. The molecule has 1 aromatic heterocycles. The van der Waals surface area contributed by atoms with Gasteiger partial charge in [-0.2, -0.15) is 0 Å². The summed E-state index contributed by atoms with van der Waals surface area (Å²) in [7, 11) is 1.41. The van der Waals surface area contributed by atoms with Gasteiger partial charge in [0, 0.05) is 21.2 Å². The molecule has 2 aromatic carbocycles. The lowest BCUT2D eigenvalue weighted by Gasteiger charge is -2.18. The second-order valence-corrected chi connectivity index (χ2v) is 9.29. The van der Waals surface area contributed by atoms with Gasteiger partial charge in [0.15, 0.2) is 5.13 Å². The number of hydrogen-bond acceptors (Lipinski definition) is 7. The molecule has 8 nitrogen and oxygen atoms in total. The van der Waals surface area contributed by atoms with Gasteiger partial charge >= 0.3 is 0 Å². The summed E-state index contributed by atoms with van der Waals surface area (Å²) in [6.45, 7) is 3.79.